The second-order valence-corrected chi connectivity index (χ2v) is 5.78. The van der Waals surface area contributed by atoms with Gasteiger partial charge in [-0.15, -0.1) is 11.6 Å². The molecule has 0 atom stereocenters. The van der Waals surface area contributed by atoms with E-state index in [9.17, 15) is 9.90 Å². The molecule has 3 nitrogen and oxygen atoms in total. The molecular weight excluding hydrogens is 318 g/mol. The van der Waals surface area contributed by atoms with Crippen molar-refractivity contribution >= 4 is 33.4 Å². The molecule has 2 rings (SSSR count). The quantitative estimate of drug-likeness (QED) is 0.845. The van der Waals surface area contributed by atoms with Gasteiger partial charge in [-0.25, -0.2) is 0 Å². The normalized spacial score (nSPS) is 16.9. The third-order valence-corrected chi connectivity index (χ3v) is 4.24. The number of benzene rings is 1. The van der Waals surface area contributed by atoms with Crippen LogP contribution in [0.5, 0.6) is 5.75 Å². The second-order valence-electron chi connectivity index (χ2n) is 4.55. The average molecular weight is 333 g/mol. The van der Waals surface area contributed by atoms with E-state index < -0.39 is 0 Å². The van der Waals surface area contributed by atoms with E-state index in [2.05, 4.69) is 15.9 Å². The van der Waals surface area contributed by atoms with Crippen LogP contribution < -0.4 is 0 Å². The smallest absolute Gasteiger partial charge is 0.257 e. The summed E-state index contributed by atoms with van der Waals surface area (Å²) in [5.41, 5.74) is 0.355. The number of carbonyl (C=O) groups excluding carboxylic acids is 1. The number of halogens is 2. The van der Waals surface area contributed by atoms with Gasteiger partial charge in [0.1, 0.15) is 5.75 Å². The van der Waals surface area contributed by atoms with Crippen molar-refractivity contribution < 1.29 is 9.90 Å². The Bertz CT molecular complexity index is 445. The standard InChI is InChI=1S/C13H15BrClNO2/c14-10-1-2-12(17)11(7-10)13(18)16-5-3-9(8-15)4-6-16/h1-2,7,9,17H,3-6,8H2. The van der Waals surface area contributed by atoms with E-state index in [0.717, 1.165) is 17.3 Å². The van der Waals surface area contributed by atoms with Gasteiger partial charge in [0.2, 0.25) is 0 Å². The van der Waals surface area contributed by atoms with Gasteiger partial charge >= 0.3 is 0 Å². The van der Waals surface area contributed by atoms with Crippen molar-refractivity contribution in [3.8, 4) is 5.75 Å². The molecule has 0 radical (unpaired) electrons. The molecule has 0 aliphatic carbocycles. The van der Waals surface area contributed by atoms with Crippen molar-refractivity contribution in [2.24, 2.45) is 5.92 Å². The summed E-state index contributed by atoms with van der Waals surface area (Å²) in [5.74, 6) is 1.08. The zero-order chi connectivity index (χ0) is 13.1. The van der Waals surface area contributed by atoms with E-state index in [1.165, 1.54) is 6.07 Å². The first-order valence-corrected chi connectivity index (χ1v) is 7.28. The van der Waals surface area contributed by atoms with Gasteiger partial charge in [-0.1, -0.05) is 15.9 Å². The highest BCUT2D eigenvalue weighted by molar-refractivity contribution is 9.10. The van der Waals surface area contributed by atoms with E-state index in [1.807, 2.05) is 0 Å². The van der Waals surface area contributed by atoms with Crippen molar-refractivity contribution in [2.45, 2.75) is 12.8 Å². The summed E-state index contributed by atoms with van der Waals surface area (Å²) in [5, 5.41) is 9.74. The molecule has 1 amide bonds. The third-order valence-electron chi connectivity index (χ3n) is 3.31. The lowest BCUT2D eigenvalue weighted by molar-refractivity contribution is 0.0695. The monoisotopic (exact) mass is 331 g/mol. The summed E-state index contributed by atoms with van der Waals surface area (Å²) in [6, 6.07) is 4.90. The Morgan fingerprint density at radius 1 is 1.44 bits per heavy atom. The third kappa shape index (κ3) is 2.98. The fourth-order valence-electron chi connectivity index (χ4n) is 2.14. The minimum atomic E-state index is -0.109. The topological polar surface area (TPSA) is 40.5 Å². The van der Waals surface area contributed by atoms with Crippen molar-refractivity contribution in [3.05, 3.63) is 28.2 Å². The first-order valence-electron chi connectivity index (χ1n) is 5.95. The molecule has 1 N–H and O–H groups in total. The molecular formula is C13H15BrClNO2. The lowest BCUT2D eigenvalue weighted by atomic mass is 9.98. The number of nitrogens with zero attached hydrogens (tertiary/aromatic N) is 1. The fraction of sp³-hybridized carbons (Fsp3) is 0.462. The predicted molar refractivity (Wildman–Crippen MR) is 75.2 cm³/mol. The molecule has 1 aromatic rings. The Hall–Kier alpha value is -0.740. The van der Waals surface area contributed by atoms with Gasteiger partial charge in [-0.3, -0.25) is 4.79 Å². The van der Waals surface area contributed by atoms with Crippen LogP contribution in [0.3, 0.4) is 0 Å². The molecule has 5 heteroatoms. The molecule has 0 aromatic heterocycles. The summed E-state index contributed by atoms with van der Waals surface area (Å²) in [4.78, 5) is 14.1. The number of rotatable bonds is 2. The minimum absolute atomic E-state index is 0.0302. The molecule has 0 bridgehead atoms. The zero-order valence-corrected chi connectivity index (χ0v) is 12.2. The number of alkyl halides is 1. The predicted octanol–water partition coefficient (Wildman–Crippen LogP) is 3.25. The molecule has 1 heterocycles. The largest absolute Gasteiger partial charge is 0.507 e. The maximum absolute atomic E-state index is 12.3. The van der Waals surface area contributed by atoms with Crippen LogP contribution >= 0.6 is 27.5 Å². The first kappa shape index (κ1) is 13.7. The molecule has 1 aliphatic heterocycles. The van der Waals surface area contributed by atoms with E-state index in [4.69, 9.17) is 11.6 Å². The van der Waals surface area contributed by atoms with Crippen molar-refractivity contribution in [2.75, 3.05) is 19.0 Å². The molecule has 18 heavy (non-hydrogen) atoms. The van der Waals surface area contributed by atoms with Crippen LogP contribution in [0.15, 0.2) is 22.7 Å². The van der Waals surface area contributed by atoms with E-state index in [-0.39, 0.29) is 11.7 Å². The molecule has 0 spiro atoms. The number of piperidine rings is 1. The molecule has 1 aliphatic rings. The van der Waals surface area contributed by atoms with Gasteiger partial charge in [0.25, 0.3) is 5.91 Å². The van der Waals surface area contributed by atoms with Crippen LogP contribution in [0, 0.1) is 5.92 Å². The van der Waals surface area contributed by atoms with Gasteiger partial charge in [-0.05, 0) is 37.0 Å². The van der Waals surface area contributed by atoms with Gasteiger partial charge in [0.15, 0.2) is 0 Å². The number of phenols is 1. The van der Waals surface area contributed by atoms with Gasteiger partial charge in [0.05, 0.1) is 5.56 Å². The number of hydrogen-bond donors (Lipinski definition) is 1. The molecule has 1 saturated heterocycles. The summed E-state index contributed by atoms with van der Waals surface area (Å²) in [6.07, 6.45) is 1.87. The van der Waals surface area contributed by atoms with Crippen LogP contribution in [0.4, 0.5) is 0 Å². The molecule has 98 valence electrons. The molecule has 1 fully saturated rings. The van der Waals surface area contributed by atoms with E-state index in [0.29, 0.717) is 30.5 Å². The SMILES string of the molecule is O=C(c1cc(Br)ccc1O)N1CCC(CCl)CC1. The van der Waals surface area contributed by atoms with Crippen molar-refractivity contribution in [1.82, 2.24) is 4.90 Å². The minimum Gasteiger partial charge on any atom is -0.507 e. The summed E-state index contributed by atoms with van der Waals surface area (Å²) >= 11 is 9.13. The number of amides is 1. The van der Waals surface area contributed by atoms with E-state index in [1.54, 1.807) is 17.0 Å². The Labute approximate surface area is 120 Å². The maximum atomic E-state index is 12.3. The first-order chi connectivity index (χ1) is 8.61. The fourth-order valence-corrected chi connectivity index (χ4v) is 2.81. The van der Waals surface area contributed by atoms with Crippen LogP contribution in [0.2, 0.25) is 0 Å². The Morgan fingerprint density at radius 3 is 2.72 bits per heavy atom. The maximum Gasteiger partial charge on any atom is 0.257 e. The highest BCUT2D eigenvalue weighted by atomic mass is 79.9. The Morgan fingerprint density at radius 2 is 2.11 bits per heavy atom. The lowest BCUT2D eigenvalue weighted by Crippen LogP contribution is -2.38. The van der Waals surface area contributed by atoms with Crippen LogP contribution in [-0.4, -0.2) is 34.9 Å². The van der Waals surface area contributed by atoms with Gasteiger partial charge < -0.3 is 10.0 Å². The summed E-state index contributed by atoms with van der Waals surface area (Å²) < 4.78 is 0.791. The Kier molecular flexibility index (Phi) is 4.51. The molecule has 1 aromatic carbocycles. The Balaban J connectivity index is 2.10. The highest BCUT2D eigenvalue weighted by Gasteiger charge is 2.24. The lowest BCUT2D eigenvalue weighted by Gasteiger charge is -2.31. The van der Waals surface area contributed by atoms with Crippen molar-refractivity contribution in [3.63, 3.8) is 0 Å². The second kappa shape index (κ2) is 5.93. The van der Waals surface area contributed by atoms with Crippen LogP contribution in [0.1, 0.15) is 23.2 Å². The number of likely N-dealkylation sites (tertiary alicyclic amines) is 1. The van der Waals surface area contributed by atoms with E-state index >= 15 is 0 Å². The average Bonchev–Trinajstić information content (AvgIpc) is 2.41. The number of hydrogen-bond acceptors (Lipinski definition) is 2. The number of phenolic OH excluding ortho intramolecular Hbond substituents is 1. The number of carbonyl (C=O) groups is 1. The zero-order valence-electron chi connectivity index (χ0n) is 9.90. The summed E-state index contributed by atoms with van der Waals surface area (Å²) in [7, 11) is 0. The number of aromatic hydroxyl groups is 1. The van der Waals surface area contributed by atoms with Crippen molar-refractivity contribution in [1.29, 1.82) is 0 Å². The molecule has 0 unspecified atom stereocenters. The van der Waals surface area contributed by atoms with Crippen LogP contribution in [-0.2, 0) is 0 Å². The highest BCUT2D eigenvalue weighted by Crippen LogP contribution is 2.26. The van der Waals surface area contributed by atoms with Crippen LogP contribution in [0.25, 0.3) is 0 Å². The molecule has 0 saturated carbocycles. The van der Waals surface area contributed by atoms with Gasteiger partial charge in [0, 0.05) is 23.4 Å². The van der Waals surface area contributed by atoms with Gasteiger partial charge in [-0.2, -0.15) is 0 Å². The summed E-state index contributed by atoms with van der Waals surface area (Å²) in [6.45, 7) is 1.42.